The van der Waals surface area contributed by atoms with Gasteiger partial charge in [-0.3, -0.25) is 0 Å². The molecule has 14 aromatic rings. The first kappa shape index (κ1) is 43.1. The standard InChI is InChI=1S/C72H48N2/c1-4-18-53(19-5-1)70-65-26-13-12-25-63(65)64-46-39-57(48-67(64)71(70)54-20-6-2-7-21-54)51-35-42-60(43-36-51)73(59-40-33-50(34-41-59)56-32-31-49-17-10-11-22-55(49)47-56)61-44-37-52(38-45-61)62-28-16-30-69-72(62)66-27-14-15-29-68(66)74(69)58-23-8-3-9-24-58/h1-48H. The molecule has 0 spiro atoms. The van der Waals surface area contributed by atoms with Crippen LogP contribution in [0.5, 0.6) is 0 Å². The Balaban J connectivity index is 0.885. The van der Waals surface area contributed by atoms with E-state index in [2.05, 4.69) is 301 Å². The molecule has 2 heteroatoms. The zero-order chi connectivity index (χ0) is 49.0. The molecular formula is C72H48N2. The van der Waals surface area contributed by atoms with Gasteiger partial charge in [-0.1, -0.05) is 218 Å². The summed E-state index contributed by atoms with van der Waals surface area (Å²) in [5, 5.41) is 9.99. The van der Waals surface area contributed by atoms with E-state index in [-0.39, 0.29) is 0 Å². The van der Waals surface area contributed by atoms with Gasteiger partial charge in [-0.15, -0.1) is 0 Å². The SMILES string of the molecule is c1ccc(-c2c(-c3ccccc3)c3cc(-c4ccc(N(c5ccc(-c6ccc7ccccc7c6)cc5)c5ccc(-c6cccc7c6c6ccccc6n7-c6ccccc6)cc5)cc4)ccc3c3ccccc23)cc1. The van der Waals surface area contributed by atoms with Crippen LogP contribution in [0, 0.1) is 0 Å². The van der Waals surface area contributed by atoms with E-state index in [1.165, 1.54) is 104 Å². The van der Waals surface area contributed by atoms with Crippen LogP contribution in [0.1, 0.15) is 0 Å². The van der Waals surface area contributed by atoms with Crippen molar-refractivity contribution in [3.8, 4) is 61.3 Å². The first-order valence-corrected chi connectivity index (χ1v) is 25.5. The molecule has 0 atom stereocenters. The second-order valence-corrected chi connectivity index (χ2v) is 19.2. The summed E-state index contributed by atoms with van der Waals surface area (Å²) in [5.41, 5.74) is 18.8. The molecule has 0 saturated heterocycles. The lowest BCUT2D eigenvalue weighted by molar-refractivity contribution is 1.18. The maximum absolute atomic E-state index is 2.41. The molecular weight excluding hydrogens is 893 g/mol. The normalized spacial score (nSPS) is 11.5. The van der Waals surface area contributed by atoms with Gasteiger partial charge < -0.3 is 9.47 Å². The molecule has 0 fully saturated rings. The van der Waals surface area contributed by atoms with Crippen LogP contribution < -0.4 is 4.90 Å². The minimum Gasteiger partial charge on any atom is -0.311 e. The lowest BCUT2D eigenvalue weighted by Gasteiger charge is -2.26. The quantitative estimate of drug-likeness (QED) is 0.131. The molecule has 1 aromatic heterocycles. The van der Waals surface area contributed by atoms with Gasteiger partial charge in [0.05, 0.1) is 11.0 Å². The van der Waals surface area contributed by atoms with Crippen LogP contribution in [0.15, 0.2) is 291 Å². The van der Waals surface area contributed by atoms with E-state index in [0.29, 0.717) is 0 Å². The molecule has 0 aliphatic heterocycles. The third-order valence-corrected chi connectivity index (χ3v) is 15.0. The van der Waals surface area contributed by atoms with Gasteiger partial charge in [0, 0.05) is 33.5 Å². The zero-order valence-electron chi connectivity index (χ0n) is 40.6. The summed E-state index contributed by atoms with van der Waals surface area (Å²) in [5.74, 6) is 0. The molecule has 0 bridgehead atoms. The fraction of sp³-hybridized carbons (Fsp3) is 0. The molecule has 1 heterocycles. The van der Waals surface area contributed by atoms with Crippen molar-refractivity contribution < 1.29 is 0 Å². The van der Waals surface area contributed by atoms with E-state index in [1.807, 2.05) is 0 Å². The van der Waals surface area contributed by atoms with Crippen molar-refractivity contribution >= 4 is 71.2 Å². The van der Waals surface area contributed by atoms with Gasteiger partial charge in [0.15, 0.2) is 0 Å². The number of para-hydroxylation sites is 2. The monoisotopic (exact) mass is 940 g/mol. The molecule has 0 saturated carbocycles. The highest BCUT2D eigenvalue weighted by Crippen LogP contribution is 2.47. The molecule has 2 nitrogen and oxygen atoms in total. The Morgan fingerprint density at radius 3 is 1.35 bits per heavy atom. The van der Waals surface area contributed by atoms with Crippen LogP contribution in [-0.4, -0.2) is 4.57 Å². The van der Waals surface area contributed by atoms with Crippen molar-refractivity contribution in [2.75, 3.05) is 4.90 Å². The molecule has 0 aliphatic rings. The lowest BCUT2D eigenvalue weighted by Crippen LogP contribution is -2.09. The third kappa shape index (κ3) is 7.43. The summed E-state index contributed by atoms with van der Waals surface area (Å²) >= 11 is 0. The maximum Gasteiger partial charge on any atom is 0.0547 e. The van der Waals surface area contributed by atoms with Crippen LogP contribution in [0.3, 0.4) is 0 Å². The number of rotatable bonds is 9. The summed E-state index contributed by atoms with van der Waals surface area (Å²) in [6.45, 7) is 0. The topological polar surface area (TPSA) is 8.17 Å². The Kier molecular flexibility index (Phi) is 10.6. The van der Waals surface area contributed by atoms with Gasteiger partial charge in [0.1, 0.15) is 0 Å². The van der Waals surface area contributed by atoms with E-state index in [0.717, 1.165) is 28.3 Å². The van der Waals surface area contributed by atoms with Gasteiger partial charge in [0.2, 0.25) is 0 Å². The summed E-state index contributed by atoms with van der Waals surface area (Å²) in [7, 11) is 0. The van der Waals surface area contributed by atoms with E-state index in [1.54, 1.807) is 0 Å². The van der Waals surface area contributed by atoms with Crippen LogP contribution in [0.4, 0.5) is 17.1 Å². The van der Waals surface area contributed by atoms with Gasteiger partial charge in [-0.2, -0.15) is 0 Å². The number of fused-ring (bicyclic) bond motifs is 7. The number of hydrogen-bond donors (Lipinski definition) is 0. The van der Waals surface area contributed by atoms with Gasteiger partial charge in [-0.05, 0) is 161 Å². The van der Waals surface area contributed by atoms with Crippen molar-refractivity contribution in [1.29, 1.82) is 0 Å². The minimum atomic E-state index is 1.08. The van der Waals surface area contributed by atoms with Crippen LogP contribution in [0.25, 0.3) is 115 Å². The largest absolute Gasteiger partial charge is 0.311 e. The Morgan fingerprint density at radius 1 is 0.243 bits per heavy atom. The van der Waals surface area contributed by atoms with Crippen LogP contribution in [0.2, 0.25) is 0 Å². The summed E-state index contributed by atoms with van der Waals surface area (Å²) < 4.78 is 2.39. The second kappa shape index (κ2) is 18.1. The van der Waals surface area contributed by atoms with Crippen molar-refractivity contribution in [1.82, 2.24) is 4.57 Å². The Bertz CT molecular complexity index is 4370. The van der Waals surface area contributed by atoms with Crippen molar-refractivity contribution in [3.05, 3.63) is 291 Å². The van der Waals surface area contributed by atoms with Gasteiger partial charge >= 0.3 is 0 Å². The number of nitrogens with zero attached hydrogens (tertiary/aromatic N) is 2. The Labute approximate surface area is 430 Å². The zero-order valence-corrected chi connectivity index (χ0v) is 40.6. The fourth-order valence-electron chi connectivity index (χ4n) is 11.5. The molecule has 74 heavy (non-hydrogen) atoms. The predicted octanol–water partition coefficient (Wildman–Crippen LogP) is 20.0. The summed E-state index contributed by atoms with van der Waals surface area (Å²) in [4.78, 5) is 2.38. The van der Waals surface area contributed by atoms with Crippen molar-refractivity contribution in [2.45, 2.75) is 0 Å². The van der Waals surface area contributed by atoms with E-state index < -0.39 is 0 Å². The lowest BCUT2D eigenvalue weighted by atomic mass is 9.84. The van der Waals surface area contributed by atoms with Crippen LogP contribution in [-0.2, 0) is 0 Å². The fourth-order valence-corrected chi connectivity index (χ4v) is 11.5. The first-order chi connectivity index (χ1) is 36.7. The predicted molar refractivity (Wildman–Crippen MR) is 315 cm³/mol. The molecule has 0 radical (unpaired) electrons. The van der Waals surface area contributed by atoms with E-state index in [4.69, 9.17) is 0 Å². The minimum absolute atomic E-state index is 1.08. The van der Waals surface area contributed by atoms with Crippen LogP contribution >= 0.6 is 0 Å². The Hall–Kier alpha value is -9.76. The summed E-state index contributed by atoms with van der Waals surface area (Å²) in [6.07, 6.45) is 0. The average molecular weight is 941 g/mol. The third-order valence-electron chi connectivity index (χ3n) is 15.0. The van der Waals surface area contributed by atoms with E-state index >= 15 is 0 Å². The highest BCUT2D eigenvalue weighted by atomic mass is 15.1. The number of benzene rings is 13. The average Bonchev–Trinajstić information content (AvgIpc) is 3.83. The number of hydrogen-bond acceptors (Lipinski definition) is 1. The molecule has 346 valence electrons. The number of aromatic nitrogens is 1. The molecule has 14 rings (SSSR count). The number of anilines is 3. The molecule has 0 N–H and O–H groups in total. The first-order valence-electron chi connectivity index (χ1n) is 25.5. The van der Waals surface area contributed by atoms with Gasteiger partial charge in [0.25, 0.3) is 0 Å². The second-order valence-electron chi connectivity index (χ2n) is 19.2. The van der Waals surface area contributed by atoms with Crippen molar-refractivity contribution in [2.24, 2.45) is 0 Å². The highest BCUT2D eigenvalue weighted by Gasteiger charge is 2.21. The van der Waals surface area contributed by atoms with Crippen molar-refractivity contribution in [3.63, 3.8) is 0 Å². The maximum atomic E-state index is 2.41. The molecule has 0 aliphatic carbocycles. The summed E-state index contributed by atoms with van der Waals surface area (Å²) in [6, 6.07) is 106. The molecule has 13 aromatic carbocycles. The Morgan fingerprint density at radius 2 is 0.703 bits per heavy atom. The molecule has 0 amide bonds. The smallest absolute Gasteiger partial charge is 0.0547 e. The highest BCUT2D eigenvalue weighted by molar-refractivity contribution is 6.22. The molecule has 0 unspecified atom stereocenters. The van der Waals surface area contributed by atoms with Gasteiger partial charge in [-0.25, -0.2) is 0 Å². The van der Waals surface area contributed by atoms with E-state index in [9.17, 15) is 0 Å².